The van der Waals surface area contributed by atoms with Crippen LogP contribution in [-0.2, 0) is 19.1 Å². The molecule has 0 bridgehead atoms. The first kappa shape index (κ1) is 11.1. The van der Waals surface area contributed by atoms with E-state index in [1.54, 1.807) is 0 Å². The molecule has 0 aliphatic rings. The maximum absolute atomic E-state index is 12.5. The van der Waals surface area contributed by atoms with E-state index in [1.807, 2.05) is 0 Å². The second-order valence-corrected chi connectivity index (χ2v) is 5.12. The molecule has 0 aromatic rings. The predicted octanol–water partition coefficient (Wildman–Crippen LogP) is 0.824. The number of hydrogen-bond acceptors (Lipinski definition) is 5. The Morgan fingerprint density at radius 1 is 1.48 bits per heavy atom. The van der Waals surface area contributed by atoms with E-state index in [-0.39, 0.29) is 24.6 Å². The average molecular weight is 321 g/mol. The lowest BCUT2D eigenvalue weighted by atomic mass is 10.1. The molecule has 1 N–H and O–H groups in total. The minimum Gasteiger partial charge on any atom is -0.372 e. The summed E-state index contributed by atoms with van der Waals surface area (Å²) in [5.41, 5.74) is 8.33. The molecular weight excluding hydrogens is 294 g/mol. The molecule has 0 saturated heterocycles. The Hall–Kier alpha value is -1.50. The monoisotopic (exact) mass is 321 g/mol. The predicted molar refractivity (Wildman–Crippen MR) is 80.1 cm³/mol. The molecular formula is C13H21N3O4S. The molecule has 0 aromatic heterocycles. The van der Waals surface area contributed by atoms with Crippen LogP contribution in [0.5, 0.6) is 0 Å². The number of amides is 1. The highest BCUT2D eigenvalue weighted by Crippen LogP contribution is 2.16. The highest BCUT2D eigenvalue weighted by molar-refractivity contribution is 8.14. The van der Waals surface area contributed by atoms with Gasteiger partial charge in [-0.25, -0.2) is 0 Å². The van der Waals surface area contributed by atoms with Gasteiger partial charge in [-0.15, -0.1) is 0 Å². The fourth-order valence-corrected chi connectivity index (χ4v) is 1.83. The first-order chi connectivity index (χ1) is 12.2. The SMILES string of the molecule is [2H]C([2H])([2H])C(SC(=O)[C@H](CCC(=O)C=[N+]=[N-])NC(=O)[C@H](C)OC)C([2H])([2H])[2H]. The Morgan fingerprint density at radius 2 is 2.14 bits per heavy atom. The third kappa shape index (κ3) is 8.39. The number of rotatable bonds is 9. The summed E-state index contributed by atoms with van der Waals surface area (Å²) in [6.45, 7) is -4.49. The summed E-state index contributed by atoms with van der Waals surface area (Å²) in [7, 11) is 1.26. The van der Waals surface area contributed by atoms with E-state index in [1.165, 1.54) is 14.0 Å². The van der Waals surface area contributed by atoms with E-state index in [0.29, 0.717) is 6.21 Å². The van der Waals surface area contributed by atoms with Gasteiger partial charge >= 0.3 is 6.21 Å². The molecule has 2 atom stereocenters. The smallest absolute Gasteiger partial charge is 0.323 e. The van der Waals surface area contributed by atoms with Crippen LogP contribution in [-0.4, -0.2) is 52.3 Å². The number of carbonyl (C=O) groups excluding carboxylic acids is 3. The van der Waals surface area contributed by atoms with Gasteiger partial charge in [-0.1, -0.05) is 25.5 Å². The summed E-state index contributed by atoms with van der Waals surface area (Å²) in [5, 5.41) is -0.601. The number of nitrogens with one attached hydrogen (secondary N) is 1. The highest BCUT2D eigenvalue weighted by atomic mass is 32.2. The van der Waals surface area contributed by atoms with E-state index in [0.717, 1.165) is 0 Å². The molecule has 0 aliphatic heterocycles. The van der Waals surface area contributed by atoms with E-state index in [4.69, 9.17) is 18.5 Å². The zero-order valence-electron chi connectivity index (χ0n) is 17.7. The van der Waals surface area contributed by atoms with Gasteiger partial charge in [0, 0.05) is 27.0 Å². The van der Waals surface area contributed by atoms with Gasteiger partial charge in [0.25, 0.3) is 0 Å². The summed E-state index contributed by atoms with van der Waals surface area (Å²) < 4.78 is 48.8. The van der Waals surface area contributed by atoms with Crippen molar-refractivity contribution in [3.63, 3.8) is 0 Å². The number of carbonyl (C=O) groups is 3. The number of ether oxygens (including phenoxy) is 1. The van der Waals surface area contributed by atoms with E-state index < -0.39 is 47.9 Å². The van der Waals surface area contributed by atoms with Gasteiger partial charge in [-0.2, -0.15) is 4.79 Å². The molecule has 21 heavy (non-hydrogen) atoms. The molecule has 8 heteroatoms. The molecule has 0 aliphatic carbocycles. The largest absolute Gasteiger partial charge is 0.372 e. The lowest BCUT2D eigenvalue weighted by Gasteiger charge is -2.19. The van der Waals surface area contributed by atoms with Crippen molar-refractivity contribution in [2.24, 2.45) is 0 Å². The quantitative estimate of drug-likeness (QED) is 0.384. The Labute approximate surface area is 136 Å². The summed E-state index contributed by atoms with van der Waals surface area (Å²) in [6, 6.07) is -1.33. The lowest BCUT2D eigenvalue weighted by Crippen LogP contribution is -2.45. The van der Waals surface area contributed by atoms with Crippen molar-refractivity contribution >= 4 is 34.8 Å². The normalized spacial score (nSPS) is 18.6. The number of methoxy groups -OCH3 is 1. The van der Waals surface area contributed by atoms with Crippen molar-refractivity contribution in [3.05, 3.63) is 5.53 Å². The highest BCUT2D eigenvalue weighted by Gasteiger charge is 2.25. The number of hydrogen-bond donors (Lipinski definition) is 1. The molecule has 0 aromatic carbocycles. The number of Topliss-reactive ketones (excluding diaryl/α,β-unsaturated/α-hetero) is 1. The first-order valence-electron chi connectivity index (χ1n) is 8.98. The fraction of sp³-hybridized carbons (Fsp3) is 0.692. The summed E-state index contributed by atoms with van der Waals surface area (Å²) in [5.74, 6) is -1.34. The van der Waals surface area contributed by atoms with Gasteiger partial charge in [0.1, 0.15) is 6.10 Å². The van der Waals surface area contributed by atoms with Gasteiger partial charge in [0.2, 0.25) is 16.8 Å². The molecule has 0 unspecified atom stereocenters. The maximum Gasteiger partial charge on any atom is 0.323 e. The van der Waals surface area contributed by atoms with E-state index >= 15 is 0 Å². The Bertz CT molecular complexity index is 590. The molecule has 0 radical (unpaired) electrons. The third-order valence-electron chi connectivity index (χ3n) is 2.44. The lowest BCUT2D eigenvalue weighted by molar-refractivity contribution is -0.132. The molecule has 0 rings (SSSR count). The van der Waals surface area contributed by atoms with Crippen LogP contribution in [0.4, 0.5) is 0 Å². The van der Waals surface area contributed by atoms with Crippen LogP contribution in [0, 0.1) is 0 Å². The molecule has 1 amide bonds. The third-order valence-corrected chi connectivity index (χ3v) is 3.19. The van der Waals surface area contributed by atoms with E-state index in [2.05, 4.69) is 10.1 Å². The van der Waals surface area contributed by atoms with Gasteiger partial charge in [0.05, 0.1) is 6.04 Å². The Kier molecular flexibility index (Phi) is 5.43. The second kappa shape index (κ2) is 10.3. The topological polar surface area (TPSA) is 109 Å². The molecule has 0 heterocycles. The first-order valence-corrected chi connectivity index (χ1v) is 6.86. The van der Waals surface area contributed by atoms with Crippen LogP contribution >= 0.6 is 11.8 Å². The zero-order chi connectivity index (χ0) is 21.4. The van der Waals surface area contributed by atoms with Crippen LogP contribution in [0.1, 0.15) is 41.7 Å². The summed E-state index contributed by atoms with van der Waals surface area (Å²) in [6.07, 6.45) is -0.856. The minimum atomic E-state index is -2.95. The Morgan fingerprint density at radius 3 is 2.67 bits per heavy atom. The van der Waals surface area contributed by atoms with Crippen molar-refractivity contribution in [1.29, 1.82) is 0 Å². The van der Waals surface area contributed by atoms with Gasteiger partial charge in [0.15, 0.2) is 0 Å². The van der Waals surface area contributed by atoms with Crippen LogP contribution in [0.3, 0.4) is 0 Å². The maximum atomic E-state index is 12.5. The van der Waals surface area contributed by atoms with Crippen LogP contribution in [0.2, 0.25) is 0 Å². The van der Waals surface area contributed by atoms with Crippen molar-refractivity contribution in [2.45, 2.75) is 50.9 Å². The molecule has 7 nitrogen and oxygen atoms in total. The second-order valence-electron chi connectivity index (χ2n) is 4.01. The van der Waals surface area contributed by atoms with Gasteiger partial charge in [-0.3, -0.25) is 14.4 Å². The van der Waals surface area contributed by atoms with Gasteiger partial charge in [-0.05, 0) is 13.3 Å². The zero-order valence-corrected chi connectivity index (χ0v) is 12.5. The number of nitrogens with zero attached hydrogens (tertiary/aromatic N) is 2. The van der Waals surface area contributed by atoms with Crippen LogP contribution in [0.15, 0.2) is 0 Å². The van der Waals surface area contributed by atoms with Crippen molar-refractivity contribution in [2.75, 3.05) is 7.11 Å². The molecule has 0 spiro atoms. The molecule has 118 valence electrons. The van der Waals surface area contributed by atoms with Crippen LogP contribution < -0.4 is 5.32 Å². The van der Waals surface area contributed by atoms with Gasteiger partial charge < -0.3 is 15.6 Å². The molecule has 0 fully saturated rings. The van der Waals surface area contributed by atoms with Crippen molar-refractivity contribution in [3.8, 4) is 0 Å². The standard InChI is InChI=1S/C13H21N3O4S/c1-8(2)21-13(19)11(6-5-10(17)7-15-14)16-12(18)9(3)20-4/h7-9,11H,5-6H2,1-4H3,(H,16,18)/t9-,11-/m0/s1/i1D3,2D3. The minimum absolute atomic E-state index is 0.0792. The summed E-state index contributed by atoms with van der Waals surface area (Å²) >= 11 is 0.0792. The van der Waals surface area contributed by atoms with Crippen molar-refractivity contribution in [1.82, 2.24) is 5.32 Å². The number of thioether (sulfide) groups is 1. The van der Waals surface area contributed by atoms with Crippen LogP contribution in [0.25, 0.3) is 5.53 Å². The number of ketones is 1. The van der Waals surface area contributed by atoms with E-state index in [9.17, 15) is 14.4 Å². The van der Waals surface area contributed by atoms with Crippen molar-refractivity contribution < 1.29 is 32.1 Å². The molecule has 0 saturated carbocycles. The average Bonchev–Trinajstić information content (AvgIpc) is 2.53. The summed E-state index contributed by atoms with van der Waals surface area (Å²) in [4.78, 5) is 38.4. The Balaban J connectivity index is 5.43. The fourth-order valence-electron chi connectivity index (χ4n) is 1.26.